The van der Waals surface area contributed by atoms with Gasteiger partial charge in [-0.25, -0.2) is 0 Å². The van der Waals surface area contributed by atoms with Gasteiger partial charge in [-0.15, -0.1) is 12.4 Å². The van der Waals surface area contributed by atoms with Gasteiger partial charge in [0.15, 0.2) is 0 Å². The van der Waals surface area contributed by atoms with E-state index in [0.29, 0.717) is 57.8 Å². The van der Waals surface area contributed by atoms with E-state index in [1.165, 1.54) is 13.8 Å². The average molecular weight is 622 g/mol. The number of benzene rings is 2. The highest BCUT2D eigenvalue weighted by Crippen LogP contribution is 2.39. The Balaban J connectivity index is 0.00000484. The summed E-state index contributed by atoms with van der Waals surface area (Å²) in [6.07, 6.45) is -11.1. The summed E-state index contributed by atoms with van der Waals surface area (Å²) in [5.74, 6) is -0.419. The molecule has 13 heteroatoms. The van der Waals surface area contributed by atoms with E-state index >= 15 is 0 Å². The van der Waals surface area contributed by atoms with E-state index in [1.807, 2.05) is 35.2 Å². The van der Waals surface area contributed by atoms with Gasteiger partial charge in [0.05, 0.1) is 29.9 Å². The number of amides is 2. The first-order chi connectivity index (χ1) is 19.2. The molecule has 2 heterocycles. The Hall–Kier alpha value is -2.83. The molecule has 0 aliphatic carbocycles. The number of alkyl halides is 6. The second kappa shape index (κ2) is 13.6. The van der Waals surface area contributed by atoms with Crippen LogP contribution in [0.5, 0.6) is 0 Å². The van der Waals surface area contributed by atoms with Crippen LogP contribution in [0, 0.1) is 0 Å². The molecule has 0 unspecified atom stereocenters. The van der Waals surface area contributed by atoms with Gasteiger partial charge in [0.1, 0.15) is 0 Å². The Morgan fingerprint density at radius 3 is 1.98 bits per heavy atom. The van der Waals surface area contributed by atoms with Gasteiger partial charge in [0, 0.05) is 52.1 Å². The summed E-state index contributed by atoms with van der Waals surface area (Å²) in [6.45, 7) is 6.05. The van der Waals surface area contributed by atoms with Gasteiger partial charge in [-0.2, -0.15) is 26.3 Å². The summed E-state index contributed by atoms with van der Waals surface area (Å²) in [7, 11) is 0. The molecule has 2 amide bonds. The molecule has 42 heavy (non-hydrogen) atoms. The number of rotatable bonds is 6. The molecule has 2 aromatic carbocycles. The quantitative estimate of drug-likeness (QED) is 0.384. The maximum absolute atomic E-state index is 13.4. The first kappa shape index (κ1) is 33.7. The standard InChI is InChI=1S/C29H33F6N3O3.ClH/c1-19(22-14-23(28(30,31)32)16-24(15-22)29(33,34)35)41-26-8-9-38(17-25(26)21-6-4-3-5-7-21)27(40)18-36-10-12-37(13-11-36)20(2)39;/h3-7,14-16,19,25-26H,8-13,17-18H2,1-2H3;1H/t19-,25+,26+;/m1./s1. The lowest BCUT2D eigenvalue weighted by molar-refractivity contribution is -0.143. The molecule has 2 aromatic rings. The number of hydrogen-bond donors (Lipinski definition) is 0. The maximum Gasteiger partial charge on any atom is 0.416 e. The number of ether oxygens (including phenoxy) is 1. The summed E-state index contributed by atoms with van der Waals surface area (Å²) in [4.78, 5) is 30.3. The Kier molecular flexibility index (Phi) is 10.9. The third-order valence-electron chi connectivity index (χ3n) is 7.76. The smallest absolute Gasteiger partial charge is 0.370 e. The molecule has 0 bridgehead atoms. The summed E-state index contributed by atoms with van der Waals surface area (Å²) in [5, 5.41) is 0. The van der Waals surface area contributed by atoms with E-state index in [2.05, 4.69) is 0 Å². The van der Waals surface area contributed by atoms with Crippen molar-refractivity contribution >= 4 is 24.2 Å². The second-order valence-electron chi connectivity index (χ2n) is 10.6. The molecule has 0 aromatic heterocycles. The average Bonchev–Trinajstić information content (AvgIpc) is 2.92. The summed E-state index contributed by atoms with van der Waals surface area (Å²) in [6, 6.07) is 10.7. The third kappa shape index (κ3) is 8.38. The zero-order valence-corrected chi connectivity index (χ0v) is 24.1. The normalized spacial score (nSPS) is 21.0. The van der Waals surface area contributed by atoms with Gasteiger partial charge in [-0.1, -0.05) is 30.3 Å². The topological polar surface area (TPSA) is 53.1 Å². The maximum atomic E-state index is 13.4. The van der Waals surface area contributed by atoms with Crippen molar-refractivity contribution in [2.45, 2.75) is 50.7 Å². The largest absolute Gasteiger partial charge is 0.416 e. The minimum absolute atomic E-state index is 0. The molecule has 2 saturated heterocycles. The molecule has 3 atom stereocenters. The van der Waals surface area contributed by atoms with Gasteiger partial charge in [-0.3, -0.25) is 14.5 Å². The Morgan fingerprint density at radius 2 is 1.45 bits per heavy atom. The van der Waals surface area contributed by atoms with Crippen molar-refractivity contribution in [2.24, 2.45) is 0 Å². The molecule has 4 rings (SSSR count). The Bertz CT molecular complexity index is 1190. The predicted octanol–water partition coefficient (Wildman–Crippen LogP) is 5.77. The number of piperidine rings is 1. The number of nitrogens with zero attached hydrogens (tertiary/aromatic N) is 3. The van der Waals surface area contributed by atoms with Crippen LogP contribution in [0.3, 0.4) is 0 Å². The molecule has 0 spiro atoms. The fourth-order valence-electron chi connectivity index (χ4n) is 5.41. The zero-order valence-electron chi connectivity index (χ0n) is 23.3. The SMILES string of the molecule is CC(=O)N1CCN(CC(=O)N2CC[C@H](O[C@H](C)c3cc(C(F)(F)F)cc(C(F)(F)F)c3)[C@H](c3ccccc3)C2)CC1.Cl. The van der Waals surface area contributed by atoms with Crippen LogP contribution in [0.15, 0.2) is 48.5 Å². The molecule has 232 valence electrons. The Labute approximate surface area is 247 Å². The molecular weight excluding hydrogens is 588 g/mol. The number of carbonyl (C=O) groups excluding carboxylic acids is 2. The zero-order chi connectivity index (χ0) is 29.9. The first-order valence-corrected chi connectivity index (χ1v) is 13.5. The molecule has 0 saturated carbocycles. The summed E-state index contributed by atoms with van der Waals surface area (Å²) in [5.41, 5.74) is -2.14. The third-order valence-corrected chi connectivity index (χ3v) is 7.76. The van der Waals surface area contributed by atoms with Crippen molar-refractivity contribution in [3.63, 3.8) is 0 Å². The molecule has 6 nitrogen and oxygen atoms in total. The van der Waals surface area contributed by atoms with Crippen molar-refractivity contribution in [1.29, 1.82) is 0 Å². The van der Waals surface area contributed by atoms with Gasteiger partial charge < -0.3 is 14.5 Å². The fraction of sp³-hybridized carbons (Fsp3) is 0.517. The van der Waals surface area contributed by atoms with Crippen molar-refractivity contribution in [2.75, 3.05) is 45.8 Å². The van der Waals surface area contributed by atoms with Crippen molar-refractivity contribution < 1.29 is 40.7 Å². The fourth-order valence-corrected chi connectivity index (χ4v) is 5.41. The number of halogens is 7. The van der Waals surface area contributed by atoms with Crippen molar-refractivity contribution in [3.05, 3.63) is 70.8 Å². The van der Waals surface area contributed by atoms with Gasteiger partial charge in [-0.05, 0) is 42.7 Å². The molecule has 0 radical (unpaired) electrons. The monoisotopic (exact) mass is 621 g/mol. The van der Waals surface area contributed by atoms with Crippen LogP contribution in [-0.4, -0.2) is 78.4 Å². The van der Waals surface area contributed by atoms with E-state index in [9.17, 15) is 35.9 Å². The first-order valence-electron chi connectivity index (χ1n) is 13.5. The van der Waals surface area contributed by atoms with Gasteiger partial charge >= 0.3 is 12.4 Å². The molecule has 0 N–H and O–H groups in total. The molecule has 2 fully saturated rings. The van der Waals surface area contributed by atoms with Crippen LogP contribution in [-0.2, 0) is 26.7 Å². The van der Waals surface area contributed by atoms with Crippen molar-refractivity contribution in [1.82, 2.24) is 14.7 Å². The van der Waals surface area contributed by atoms with Crippen LogP contribution in [0.25, 0.3) is 0 Å². The van der Waals surface area contributed by atoms with Crippen LogP contribution in [0.1, 0.15) is 54.5 Å². The highest BCUT2D eigenvalue weighted by atomic mass is 35.5. The highest BCUT2D eigenvalue weighted by Gasteiger charge is 2.39. The molecule has 2 aliphatic rings. The lowest BCUT2D eigenvalue weighted by atomic mass is 9.87. The van der Waals surface area contributed by atoms with E-state index in [1.54, 1.807) is 9.80 Å². The number of hydrogen-bond acceptors (Lipinski definition) is 4. The lowest BCUT2D eigenvalue weighted by Crippen LogP contribution is -2.53. The minimum atomic E-state index is -4.95. The predicted molar refractivity (Wildman–Crippen MR) is 146 cm³/mol. The van der Waals surface area contributed by atoms with E-state index in [-0.39, 0.29) is 48.3 Å². The minimum Gasteiger partial charge on any atom is -0.370 e. The Morgan fingerprint density at radius 1 is 0.881 bits per heavy atom. The molecular formula is C29H34ClF6N3O3. The van der Waals surface area contributed by atoms with Crippen LogP contribution in [0.2, 0.25) is 0 Å². The highest BCUT2D eigenvalue weighted by molar-refractivity contribution is 5.85. The van der Waals surface area contributed by atoms with Gasteiger partial charge in [0.2, 0.25) is 11.8 Å². The molecule has 2 aliphatic heterocycles. The van der Waals surface area contributed by atoms with Crippen LogP contribution >= 0.6 is 12.4 Å². The van der Waals surface area contributed by atoms with Crippen LogP contribution in [0.4, 0.5) is 26.3 Å². The van der Waals surface area contributed by atoms with Crippen LogP contribution < -0.4 is 0 Å². The summed E-state index contributed by atoms with van der Waals surface area (Å²) < 4.78 is 86.7. The van der Waals surface area contributed by atoms with E-state index < -0.39 is 35.7 Å². The lowest BCUT2D eigenvalue weighted by Gasteiger charge is -2.41. The summed E-state index contributed by atoms with van der Waals surface area (Å²) >= 11 is 0. The second-order valence-corrected chi connectivity index (χ2v) is 10.6. The van der Waals surface area contributed by atoms with Crippen molar-refractivity contribution in [3.8, 4) is 0 Å². The van der Waals surface area contributed by atoms with E-state index in [4.69, 9.17) is 4.74 Å². The van der Waals surface area contributed by atoms with E-state index in [0.717, 1.165) is 5.56 Å². The van der Waals surface area contributed by atoms with Gasteiger partial charge in [0.25, 0.3) is 0 Å². The number of likely N-dealkylation sites (tertiary alicyclic amines) is 1. The number of carbonyl (C=O) groups is 2. The number of piperazine rings is 1.